The van der Waals surface area contributed by atoms with E-state index in [1.165, 1.54) is 23.1 Å². The maximum Gasteiger partial charge on any atom is 0.129 e. The molecule has 1 unspecified atom stereocenters. The van der Waals surface area contributed by atoms with Gasteiger partial charge in [-0.2, -0.15) is 0 Å². The third kappa shape index (κ3) is 3.85. The van der Waals surface area contributed by atoms with Crippen molar-refractivity contribution in [3.8, 4) is 0 Å². The van der Waals surface area contributed by atoms with Gasteiger partial charge in [0.2, 0.25) is 0 Å². The van der Waals surface area contributed by atoms with E-state index in [9.17, 15) is 8.78 Å². The quantitative estimate of drug-likeness (QED) is 0.849. The normalized spacial score (nSPS) is 12.6. The average molecular weight is 281 g/mol. The Kier molecular flexibility index (Phi) is 5.05. The van der Waals surface area contributed by atoms with Gasteiger partial charge in [-0.3, -0.25) is 0 Å². The molecule has 1 nitrogen and oxygen atoms in total. The molecule has 19 heavy (non-hydrogen) atoms. The molecule has 0 aliphatic rings. The van der Waals surface area contributed by atoms with Crippen molar-refractivity contribution < 1.29 is 8.78 Å². The molecule has 1 aromatic carbocycles. The van der Waals surface area contributed by atoms with Gasteiger partial charge in [0, 0.05) is 16.5 Å². The first-order chi connectivity index (χ1) is 9.20. The van der Waals surface area contributed by atoms with Gasteiger partial charge >= 0.3 is 0 Å². The lowest BCUT2D eigenvalue weighted by Gasteiger charge is -2.18. The highest BCUT2D eigenvalue weighted by atomic mass is 32.1. The van der Waals surface area contributed by atoms with Crippen LogP contribution >= 0.6 is 11.3 Å². The first kappa shape index (κ1) is 14.2. The zero-order valence-corrected chi connectivity index (χ0v) is 11.6. The van der Waals surface area contributed by atoms with Gasteiger partial charge in [-0.15, -0.1) is 11.3 Å². The van der Waals surface area contributed by atoms with Crippen molar-refractivity contribution in [2.24, 2.45) is 0 Å². The molecule has 0 saturated heterocycles. The van der Waals surface area contributed by atoms with Gasteiger partial charge in [-0.1, -0.05) is 19.1 Å². The molecule has 1 aromatic heterocycles. The second-order valence-corrected chi connectivity index (χ2v) is 5.47. The summed E-state index contributed by atoms with van der Waals surface area (Å²) in [6, 6.07) is 8.11. The lowest BCUT2D eigenvalue weighted by Crippen LogP contribution is -2.33. The molecule has 0 amide bonds. The molecule has 4 heteroatoms. The number of benzene rings is 1. The largest absolute Gasteiger partial charge is 0.314 e. The molecule has 0 radical (unpaired) electrons. The molecule has 0 spiro atoms. The van der Waals surface area contributed by atoms with Crippen LogP contribution in [0.3, 0.4) is 0 Å². The van der Waals surface area contributed by atoms with Crippen LogP contribution in [-0.4, -0.2) is 12.6 Å². The van der Waals surface area contributed by atoms with Gasteiger partial charge in [0.25, 0.3) is 0 Å². The predicted molar refractivity (Wildman–Crippen MR) is 75.5 cm³/mol. The Morgan fingerprint density at radius 1 is 1.11 bits per heavy atom. The van der Waals surface area contributed by atoms with Crippen molar-refractivity contribution in [3.63, 3.8) is 0 Å². The second-order valence-electron chi connectivity index (χ2n) is 4.44. The zero-order valence-electron chi connectivity index (χ0n) is 10.8. The van der Waals surface area contributed by atoms with Gasteiger partial charge in [0.05, 0.1) is 0 Å². The summed E-state index contributed by atoms with van der Waals surface area (Å²) in [4.78, 5) is 1.22. The third-order valence-corrected chi connectivity index (χ3v) is 3.93. The first-order valence-electron chi connectivity index (χ1n) is 6.39. The van der Waals surface area contributed by atoms with Crippen LogP contribution in [0.5, 0.6) is 0 Å². The van der Waals surface area contributed by atoms with Crippen LogP contribution in [0.25, 0.3) is 0 Å². The summed E-state index contributed by atoms with van der Waals surface area (Å²) in [5.41, 5.74) is 0.171. The van der Waals surface area contributed by atoms with E-state index in [2.05, 4.69) is 5.32 Å². The fraction of sp³-hybridized carbons (Fsp3) is 0.333. The fourth-order valence-electron chi connectivity index (χ4n) is 2.15. The summed E-state index contributed by atoms with van der Waals surface area (Å²) in [6.07, 6.45) is 1.16. The van der Waals surface area contributed by atoms with Crippen LogP contribution in [0.1, 0.15) is 17.4 Å². The van der Waals surface area contributed by atoms with E-state index in [0.717, 1.165) is 13.0 Å². The molecule has 102 valence electrons. The Hall–Kier alpha value is -1.26. The van der Waals surface area contributed by atoms with Gasteiger partial charge < -0.3 is 5.32 Å². The van der Waals surface area contributed by atoms with Crippen LogP contribution < -0.4 is 5.32 Å². The minimum atomic E-state index is -0.464. The Labute approximate surface area is 116 Å². The van der Waals surface area contributed by atoms with Gasteiger partial charge in [-0.25, -0.2) is 8.78 Å². The van der Waals surface area contributed by atoms with Crippen molar-refractivity contribution >= 4 is 11.3 Å². The number of halogens is 2. The maximum absolute atomic E-state index is 13.7. The number of rotatable bonds is 6. The summed E-state index contributed by atoms with van der Waals surface area (Å²) in [6.45, 7) is 2.78. The summed E-state index contributed by atoms with van der Waals surface area (Å²) in [5, 5.41) is 5.31. The monoisotopic (exact) mass is 281 g/mol. The molecule has 2 rings (SSSR count). The zero-order chi connectivity index (χ0) is 13.7. The van der Waals surface area contributed by atoms with Crippen LogP contribution in [0.2, 0.25) is 0 Å². The molecule has 0 fully saturated rings. The molecule has 0 aliphatic carbocycles. The second kappa shape index (κ2) is 6.78. The van der Waals surface area contributed by atoms with Gasteiger partial charge in [-0.05, 0) is 43.0 Å². The van der Waals surface area contributed by atoms with E-state index in [0.29, 0.717) is 6.42 Å². The van der Waals surface area contributed by atoms with Crippen molar-refractivity contribution in [2.75, 3.05) is 6.54 Å². The molecule has 1 N–H and O–H groups in total. The predicted octanol–water partition coefficient (Wildman–Crippen LogP) is 3.79. The van der Waals surface area contributed by atoms with Crippen LogP contribution in [0.4, 0.5) is 8.78 Å². The highest BCUT2D eigenvalue weighted by Gasteiger charge is 2.16. The van der Waals surface area contributed by atoms with Gasteiger partial charge in [0.1, 0.15) is 11.6 Å². The summed E-state index contributed by atoms with van der Waals surface area (Å²) in [5.74, 6) is -0.928. The van der Waals surface area contributed by atoms with E-state index < -0.39 is 11.6 Å². The SMILES string of the molecule is CCNC(Cc1cccs1)Cc1c(F)cccc1F. The Morgan fingerprint density at radius 3 is 2.42 bits per heavy atom. The standard InChI is InChI=1S/C15H17F2NS/c1-2-18-11(9-12-5-4-8-19-12)10-13-14(16)6-3-7-15(13)17/h3-8,11,18H,2,9-10H2,1H3. The molecule has 0 bridgehead atoms. The molecular formula is C15H17F2NS. The number of nitrogens with one attached hydrogen (secondary N) is 1. The number of hydrogen-bond donors (Lipinski definition) is 1. The van der Waals surface area contributed by atoms with E-state index in [-0.39, 0.29) is 11.6 Å². The Balaban J connectivity index is 2.12. The molecule has 2 aromatic rings. The first-order valence-corrected chi connectivity index (χ1v) is 7.27. The van der Waals surface area contributed by atoms with Crippen LogP contribution in [-0.2, 0) is 12.8 Å². The number of hydrogen-bond acceptors (Lipinski definition) is 2. The third-order valence-electron chi connectivity index (χ3n) is 3.03. The van der Waals surface area contributed by atoms with Crippen LogP contribution in [0.15, 0.2) is 35.7 Å². The lowest BCUT2D eigenvalue weighted by molar-refractivity contribution is 0.486. The topological polar surface area (TPSA) is 12.0 Å². The van der Waals surface area contributed by atoms with Crippen molar-refractivity contribution in [2.45, 2.75) is 25.8 Å². The number of likely N-dealkylation sites (N-methyl/N-ethyl adjacent to an activating group) is 1. The minimum absolute atomic E-state index is 0.0510. The van der Waals surface area contributed by atoms with E-state index in [4.69, 9.17) is 0 Å². The summed E-state index contributed by atoms with van der Waals surface area (Å²) >= 11 is 1.67. The molecule has 1 heterocycles. The summed E-state index contributed by atoms with van der Waals surface area (Å²) < 4.78 is 27.3. The van der Waals surface area contributed by atoms with Crippen molar-refractivity contribution in [1.29, 1.82) is 0 Å². The average Bonchev–Trinajstić information content (AvgIpc) is 2.87. The summed E-state index contributed by atoms with van der Waals surface area (Å²) in [7, 11) is 0. The van der Waals surface area contributed by atoms with E-state index in [1.54, 1.807) is 11.3 Å². The van der Waals surface area contributed by atoms with Gasteiger partial charge in [0.15, 0.2) is 0 Å². The highest BCUT2D eigenvalue weighted by Crippen LogP contribution is 2.18. The number of thiophene rings is 1. The molecule has 1 atom stereocenters. The Morgan fingerprint density at radius 2 is 1.84 bits per heavy atom. The van der Waals surface area contributed by atoms with Crippen molar-refractivity contribution in [3.05, 3.63) is 57.8 Å². The van der Waals surface area contributed by atoms with Crippen molar-refractivity contribution in [1.82, 2.24) is 5.32 Å². The molecule has 0 aliphatic heterocycles. The highest BCUT2D eigenvalue weighted by molar-refractivity contribution is 7.09. The van der Waals surface area contributed by atoms with E-state index in [1.807, 2.05) is 24.4 Å². The lowest BCUT2D eigenvalue weighted by atomic mass is 10.0. The van der Waals surface area contributed by atoms with Crippen LogP contribution in [0, 0.1) is 11.6 Å². The minimum Gasteiger partial charge on any atom is -0.314 e. The smallest absolute Gasteiger partial charge is 0.129 e. The Bertz CT molecular complexity index is 491. The molecular weight excluding hydrogens is 264 g/mol. The fourth-order valence-corrected chi connectivity index (χ4v) is 2.94. The molecule has 0 saturated carbocycles. The maximum atomic E-state index is 13.7. The van der Waals surface area contributed by atoms with E-state index >= 15 is 0 Å².